The fourth-order valence-electron chi connectivity index (χ4n) is 2.06. The van der Waals surface area contributed by atoms with Gasteiger partial charge >= 0.3 is 0 Å². The van der Waals surface area contributed by atoms with E-state index < -0.39 is 0 Å². The Morgan fingerprint density at radius 3 is 2.44 bits per heavy atom. The molecule has 1 rings (SSSR count). The Labute approximate surface area is 119 Å². The molecule has 1 unspecified atom stereocenters. The van der Waals surface area contributed by atoms with Gasteiger partial charge in [-0.1, -0.05) is 27.7 Å². The van der Waals surface area contributed by atoms with E-state index in [2.05, 4.69) is 54.0 Å². The molecule has 0 aliphatic rings. The average Bonchev–Trinajstić information content (AvgIpc) is 2.56. The highest BCUT2D eigenvalue weighted by atomic mass is 79.9. The monoisotopic (exact) mass is 315 g/mol. The van der Waals surface area contributed by atoms with Gasteiger partial charge in [-0.05, 0) is 53.7 Å². The number of nitrogens with zero attached hydrogens (tertiary/aromatic N) is 2. The second-order valence-electron chi connectivity index (χ2n) is 5.55. The van der Waals surface area contributed by atoms with Gasteiger partial charge in [-0.15, -0.1) is 0 Å². The maximum absolute atomic E-state index is 4.54. The first-order valence-corrected chi connectivity index (χ1v) is 7.65. The standard InChI is InChI=1S/C14H26BrN3/c1-6-12-14(15)13(18(5)17-12)7-11(4)9-16-8-10(2)3/h10-11,16H,6-9H2,1-5H3. The Morgan fingerprint density at radius 2 is 1.94 bits per heavy atom. The second-order valence-corrected chi connectivity index (χ2v) is 6.34. The molecule has 0 bridgehead atoms. The van der Waals surface area contributed by atoms with E-state index in [1.807, 2.05) is 11.7 Å². The normalized spacial score (nSPS) is 13.3. The molecule has 1 N–H and O–H groups in total. The topological polar surface area (TPSA) is 29.9 Å². The predicted octanol–water partition coefficient (Wildman–Crippen LogP) is 3.17. The number of nitrogens with one attached hydrogen (secondary N) is 1. The largest absolute Gasteiger partial charge is 0.316 e. The third-order valence-corrected chi connectivity index (χ3v) is 4.01. The molecular weight excluding hydrogens is 290 g/mol. The molecule has 0 aliphatic carbocycles. The van der Waals surface area contributed by atoms with Crippen LogP contribution in [-0.2, 0) is 19.9 Å². The summed E-state index contributed by atoms with van der Waals surface area (Å²) in [5, 5.41) is 8.06. The lowest BCUT2D eigenvalue weighted by atomic mass is 10.0. The van der Waals surface area contributed by atoms with Gasteiger partial charge in [0.15, 0.2) is 0 Å². The Kier molecular flexibility index (Phi) is 6.36. The van der Waals surface area contributed by atoms with Gasteiger partial charge in [0.25, 0.3) is 0 Å². The average molecular weight is 316 g/mol. The van der Waals surface area contributed by atoms with E-state index in [4.69, 9.17) is 0 Å². The quantitative estimate of drug-likeness (QED) is 0.837. The van der Waals surface area contributed by atoms with Gasteiger partial charge in [-0.25, -0.2) is 0 Å². The predicted molar refractivity (Wildman–Crippen MR) is 80.9 cm³/mol. The van der Waals surface area contributed by atoms with Crippen molar-refractivity contribution in [2.75, 3.05) is 13.1 Å². The number of hydrogen-bond acceptors (Lipinski definition) is 2. The lowest BCUT2D eigenvalue weighted by Gasteiger charge is -2.14. The molecule has 0 saturated heterocycles. The number of halogens is 1. The van der Waals surface area contributed by atoms with Crippen LogP contribution in [-0.4, -0.2) is 22.9 Å². The molecule has 1 aromatic heterocycles. The third kappa shape index (κ3) is 4.39. The van der Waals surface area contributed by atoms with Gasteiger partial charge in [0, 0.05) is 7.05 Å². The van der Waals surface area contributed by atoms with Crippen molar-refractivity contribution in [2.24, 2.45) is 18.9 Å². The van der Waals surface area contributed by atoms with E-state index in [0.717, 1.165) is 31.6 Å². The molecule has 0 radical (unpaired) electrons. The molecule has 0 aromatic carbocycles. The van der Waals surface area contributed by atoms with Crippen LogP contribution in [0.4, 0.5) is 0 Å². The Balaban J connectivity index is 2.53. The molecule has 0 amide bonds. The van der Waals surface area contributed by atoms with Crippen molar-refractivity contribution in [1.29, 1.82) is 0 Å². The fraction of sp³-hybridized carbons (Fsp3) is 0.786. The summed E-state index contributed by atoms with van der Waals surface area (Å²) in [5.74, 6) is 1.34. The van der Waals surface area contributed by atoms with Crippen molar-refractivity contribution < 1.29 is 0 Å². The summed E-state index contributed by atoms with van der Waals surface area (Å²) in [6.45, 7) is 11.1. The van der Waals surface area contributed by atoms with E-state index in [1.165, 1.54) is 10.2 Å². The molecule has 1 aromatic rings. The molecule has 1 heterocycles. The highest BCUT2D eigenvalue weighted by molar-refractivity contribution is 9.10. The number of aromatic nitrogens is 2. The van der Waals surface area contributed by atoms with Gasteiger partial charge in [0.2, 0.25) is 0 Å². The highest BCUT2D eigenvalue weighted by Gasteiger charge is 2.15. The van der Waals surface area contributed by atoms with Crippen molar-refractivity contribution in [3.63, 3.8) is 0 Å². The second kappa shape index (κ2) is 7.29. The number of aryl methyl sites for hydroxylation is 2. The molecule has 1 atom stereocenters. The van der Waals surface area contributed by atoms with Crippen molar-refractivity contribution in [2.45, 2.75) is 40.5 Å². The summed E-state index contributed by atoms with van der Waals surface area (Å²) in [6.07, 6.45) is 2.05. The summed E-state index contributed by atoms with van der Waals surface area (Å²) < 4.78 is 3.21. The van der Waals surface area contributed by atoms with Crippen molar-refractivity contribution >= 4 is 15.9 Å². The zero-order valence-corrected chi connectivity index (χ0v) is 13.8. The molecule has 4 heteroatoms. The fourth-order valence-corrected chi connectivity index (χ4v) is 2.84. The smallest absolute Gasteiger partial charge is 0.0766 e. The minimum absolute atomic E-state index is 0.625. The maximum atomic E-state index is 4.54. The Morgan fingerprint density at radius 1 is 1.28 bits per heavy atom. The van der Waals surface area contributed by atoms with Crippen LogP contribution in [0.15, 0.2) is 4.47 Å². The zero-order chi connectivity index (χ0) is 13.7. The summed E-state index contributed by atoms with van der Waals surface area (Å²) in [7, 11) is 2.04. The van der Waals surface area contributed by atoms with Gasteiger partial charge in [0.1, 0.15) is 0 Å². The summed E-state index contributed by atoms with van der Waals surface area (Å²) in [6, 6.07) is 0. The van der Waals surface area contributed by atoms with Gasteiger partial charge in [0.05, 0.1) is 15.9 Å². The van der Waals surface area contributed by atoms with E-state index in [1.54, 1.807) is 0 Å². The first-order valence-electron chi connectivity index (χ1n) is 6.86. The van der Waals surface area contributed by atoms with Gasteiger partial charge in [-0.3, -0.25) is 4.68 Å². The zero-order valence-electron chi connectivity index (χ0n) is 12.3. The lowest BCUT2D eigenvalue weighted by molar-refractivity contribution is 0.464. The van der Waals surface area contributed by atoms with Crippen molar-refractivity contribution in [3.05, 3.63) is 15.9 Å². The first kappa shape index (κ1) is 15.7. The minimum atomic E-state index is 0.625. The van der Waals surface area contributed by atoms with Crippen molar-refractivity contribution in [1.82, 2.24) is 15.1 Å². The van der Waals surface area contributed by atoms with Crippen LogP contribution in [0.3, 0.4) is 0 Å². The molecular formula is C14H26BrN3. The van der Waals surface area contributed by atoms with Crippen LogP contribution in [0.5, 0.6) is 0 Å². The highest BCUT2D eigenvalue weighted by Crippen LogP contribution is 2.23. The van der Waals surface area contributed by atoms with Crippen LogP contribution in [0.2, 0.25) is 0 Å². The molecule has 104 valence electrons. The van der Waals surface area contributed by atoms with Gasteiger partial charge < -0.3 is 5.32 Å². The first-order chi connectivity index (χ1) is 8.45. The summed E-state index contributed by atoms with van der Waals surface area (Å²) in [5.41, 5.74) is 2.47. The maximum Gasteiger partial charge on any atom is 0.0766 e. The summed E-state index contributed by atoms with van der Waals surface area (Å²) >= 11 is 3.68. The SMILES string of the molecule is CCc1nn(C)c(CC(C)CNCC(C)C)c1Br. The van der Waals surface area contributed by atoms with Crippen LogP contribution < -0.4 is 5.32 Å². The van der Waals surface area contributed by atoms with E-state index in [-0.39, 0.29) is 0 Å². The molecule has 0 fully saturated rings. The van der Waals surface area contributed by atoms with Gasteiger partial charge in [-0.2, -0.15) is 5.10 Å². The lowest BCUT2D eigenvalue weighted by Crippen LogP contribution is -2.26. The third-order valence-electron chi connectivity index (χ3n) is 3.09. The Hall–Kier alpha value is -0.350. The van der Waals surface area contributed by atoms with E-state index in [9.17, 15) is 0 Å². The van der Waals surface area contributed by atoms with Crippen LogP contribution in [0.25, 0.3) is 0 Å². The summed E-state index contributed by atoms with van der Waals surface area (Å²) in [4.78, 5) is 0. The molecule has 18 heavy (non-hydrogen) atoms. The Bertz CT molecular complexity index is 371. The molecule has 3 nitrogen and oxygen atoms in total. The number of hydrogen-bond donors (Lipinski definition) is 1. The van der Waals surface area contributed by atoms with E-state index >= 15 is 0 Å². The molecule has 0 saturated carbocycles. The molecule has 0 aliphatic heterocycles. The van der Waals surface area contributed by atoms with E-state index in [0.29, 0.717) is 11.8 Å². The van der Waals surface area contributed by atoms with Crippen LogP contribution in [0.1, 0.15) is 39.1 Å². The molecule has 0 spiro atoms. The number of rotatable bonds is 7. The minimum Gasteiger partial charge on any atom is -0.316 e. The van der Waals surface area contributed by atoms with Crippen LogP contribution >= 0.6 is 15.9 Å². The van der Waals surface area contributed by atoms with Crippen molar-refractivity contribution in [3.8, 4) is 0 Å². The van der Waals surface area contributed by atoms with Crippen LogP contribution in [0, 0.1) is 11.8 Å².